The molecule has 1 aliphatic heterocycles. The molecule has 0 aromatic heterocycles. The maximum absolute atomic E-state index is 13.0. The average molecular weight is 350 g/mol. The van der Waals surface area contributed by atoms with E-state index in [1.165, 1.54) is 0 Å². The molecule has 0 bridgehead atoms. The van der Waals surface area contributed by atoms with Crippen molar-refractivity contribution in [3.8, 4) is 0 Å². The van der Waals surface area contributed by atoms with Gasteiger partial charge in [0.15, 0.2) is 5.78 Å². The summed E-state index contributed by atoms with van der Waals surface area (Å²) in [6, 6.07) is 12.9. The van der Waals surface area contributed by atoms with Crippen LogP contribution < -0.4 is 5.32 Å². The number of aryl methyl sites for hydroxylation is 2. The zero-order chi connectivity index (χ0) is 18.7. The number of hydrogen-bond donors (Lipinski definition) is 1. The first-order valence-electron chi connectivity index (χ1n) is 9.16. The number of rotatable bonds is 5. The Bertz CT molecular complexity index is 829. The maximum Gasteiger partial charge on any atom is 0.254 e. The fourth-order valence-corrected chi connectivity index (χ4v) is 3.55. The number of nitrogens with zero attached hydrogens (tertiary/aromatic N) is 1. The third-order valence-corrected chi connectivity index (χ3v) is 5.24. The summed E-state index contributed by atoms with van der Waals surface area (Å²) in [5, 5.41) is 3.18. The van der Waals surface area contributed by atoms with Gasteiger partial charge in [-0.15, -0.1) is 0 Å². The molecule has 0 radical (unpaired) electrons. The molecule has 1 aliphatic rings. The van der Waals surface area contributed by atoms with Crippen molar-refractivity contribution >= 4 is 11.7 Å². The lowest BCUT2D eigenvalue weighted by Crippen LogP contribution is -2.31. The van der Waals surface area contributed by atoms with Gasteiger partial charge >= 0.3 is 0 Å². The van der Waals surface area contributed by atoms with Crippen LogP contribution in [0.1, 0.15) is 43.8 Å². The minimum absolute atomic E-state index is 0.0450. The molecule has 4 nitrogen and oxygen atoms in total. The molecule has 0 aliphatic carbocycles. The van der Waals surface area contributed by atoms with Crippen molar-refractivity contribution in [3.63, 3.8) is 0 Å². The second-order valence-electron chi connectivity index (χ2n) is 7.14. The van der Waals surface area contributed by atoms with Crippen LogP contribution in [0.25, 0.3) is 0 Å². The van der Waals surface area contributed by atoms with Gasteiger partial charge in [0, 0.05) is 24.2 Å². The minimum Gasteiger partial charge on any atom is -0.338 e. The summed E-state index contributed by atoms with van der Waals surface area (Å²) in [5.41, 5.74) is 3.84. The highest BCUT2D eigenvalue weighted by atomic mass is 16.2. The quantitative estimate of drug-likeness (QED) is 0.843. The topological polar surface area (TPSA) is 49.4 Å². The fourth-order valence-electron chi connectivity index (χ4n) is 3.55. The van der Waals surface area contributed by atoms with Crippen LogP contribution in [0.5, 0.6) is 0 Å². The molecule has 4 heteroatoms. The van der Waals surface area contributed by atoms with Gasteiger partial charge in [-0.05, 0) is 63.0 Å². The number of nitrogens with one attached hydrogen (secondary N) is 1. The second kappa shape index (κ2) is 7.83. The molecule has 1 N–H and O–H groups in total. The number of ketones is 1. The van der Waals surface area contributed by atoms with Crippen molar-refractivity contribution < 1.29 is 9.59 Å². The van der Waals surface area contributed by atoms with E-state index in [0.29, 0.717) is 22.6 Å². The van der Waals surface area contributed by atoms with Crippen LogP contribution in [-0.2, 0) is 0 Å². The normalized spacial score (nSPS) is 16.7. The Morgan fingerprint density at radius 1 is 1.08 bits per heavy atom. The maximum atomic E-state index is 13.0. The molecule has 1 amide bonds. The lowest BCUT2D eigenvalue weighted by atomic mass is 9.95. The van der Waals surface area contributed by atoms with Crippen LogP contribution >= 0.6 is 0 Å². The first kappa shape index (κ1) is 18.3. The highest BCUT2D eigenvalue weighted by Gasteiger charge is 2.28. The smallest absolute Gasteiger partial charge is 0.254 e. The SMILES string of the molecule is CNCC1CCN(C(=O)c2ccccc2C(=O)c2ccc(C)c(C)c2)C1. The Morgan fingerprint density at radius 2 is 1.81 bits per heavy atom. The number of likely N-dealkylation sites (tertiary alicyclic amines) is 1. The molecule has 2 aromatic carbocycles. The summed E-state index contributed by atoms with van der Waals surface area (Å²) in [6.07, 6.45) is 1.000. The largest absolute Gasteiger partial charge is 0.338 e. The summed E-state index contributed by atoms with van der Waals surface area (Å²) in [7, 11) is 1.93. The number of hydrogen-bond acceptors (Lipinski definition) is 3. The molecule has 3 rings (SSSR count). The molecular formula is C22H26N2O2. The van der Waals surface area contributed by atoms with E-state index in [-0.39, 0.29) is 11.7 Å². The van der Waals surface area contributed by atoms with Gasteiger partial charge in [-0.3, -0.25) is 9.59 Å². The van der Waals surface area contributed by atoms with E-state index in [0.717, 1.165) is 37.2 Å². The first-order valence-corrected chi connectivity index (χ1v) is 9.16. The first-order chi connectivity index (χ1) is 12.5. The predicted molar refractivity (Wildman–Crippen MR) is 104 cm³/mol. The average Bonchev–Trinajstić information content (AvgIpc) is 3.12. The molecule has 2 aromatic rings. The van der Waals surface area contributed by atoms with Crippen LogP contribution in [0.3, 0.4) is 0 Å². The van der Waals surface area contributed by atoms with E-state index in [2.05, 4.69) is 5.32 Å². The van der Waals surface area contributed by atoms with Crippen molar-refractivity contribution in [2.24, 2.45) is 5.92 Å². The molecule has 1 fully saturated rings. The number of carbonyl (C=O) groups excluding carboxylic acids is 2. The molecule has 26 heavy (non-hydrogen) atoms. The van der Waals surface area contributed by atoms with Crippen LogP contribution in [-0.4, -0.2) is 43.3 Å². The molecule has 0 spiro atoms. The van der Waals surface area contributed by atoms with Crippen LogP contribution in [0.4, 0.5) is 0 Å². The number of carbonyl (C=O) groups is 2. The molecule has 1 atom stereocenters. The minimum atomic E-state index is -0.0944. The Hall–Kier alpha value is -2.46. The highest BCUT2D eigenvalue weighted by molar-refractivity contribution is 6.15. The molecule has 1 saturated heterocycles. The third-order valence-electron chi connectivity index (χ3n) is 5.24. The Morgan fingerprint density at radius 3 is 2.50 bits per heavy atom. The van der Waals surface area contributed by atoms with Crippen LogP contribution in [0.15, 0.2) is 42.5 Å². The molecule has 1 unspecified atom stereocenters. The molecular weight excluding hydrogens is 324 g/mol. The summed E-state index contributed by atoms with van der Waals surface area (Å²) in [6.45, 7) is 6.42. The van der Waals surface area contributed by atoms with Crippen LogP contribution in [0.2, 0.25) is 0 Å². The number of amides is 1. The van der Waals surface area contributed by atoms with Gasteiger partial charge in [-0.25, -0.2) is 0 Å². The zero-order valence-electron chi connectivity index (χ0n) is 15.7. The van der Waals surface area contributed by atoms with Gasteiger partial charge in [-0.1, -0.05) is 30.3 Å². The molecule has 136 valence electrons. The van der Waals surface area contributed by atoms with Gasteiger partial charge in [0.1, 0.15) is 0 Å². The van der Waals surface area contributed by atoms with E-state index in [1.807, 2.05) is 56.1 Å². The van der Waals surface area contributed by atoms with E-state index in [9.17, 15) is 9.59 Å². The Kier molecular flexibility index (Phi) is 5.52. The molecule has 0 saturated carbocycles. The lowest BCUT2D eigenvalue weighted by Gasteiger charge is -2.18. The third kappa shape index (κ3) is 3.70. The van der Waals surface area contributed by atoms with E-state index in [1.54, 1.807) is 12.1 Å². The summed E-state index contributed by atoms with van der Waals surface area (Å²) in [4.78, 5) is 27.9. The lowest BCUT2D eigenvalue weighted by molar-refractivity contribution is 0.0782. The highest BCUT2D eigenvalue weighted by Crippen LogP contribution is 2.22. The standard InChI is InChI=1S/C22H26N2O2/c1-15-8-9-18(12-16(15)2)21(25)19-6-4-5-7-20(19)22(26)24-11-10-17(14-24)13-23-3/h4-9,12,17,23H,10-11,13-14H2,1-3H3. The Balaban J connectivity index is 1.87. The summed E-state index contributed by atoms with van der Waals surface area (Å²) < 4.78 is 0. The summed E-state index contributed by atoms with van der Waals surface area (Å²) in [5.74, 6) is 0.339. The zero-order valence-corrected chi connectivity index (χ0v) is 15.7. The van der Waals surface area contributed by atoms with Crippen molar-refractivity contribution in [1.29, 1.82) is 0 Å². The predicted octanol–water partition coefficient (Wildman–Crippen LogP) is 3.22. The van der Waals surface area contributed by atoms with Crippen molar-refractivity contribution in [1.82, 2.24) is 10.2 Å². The van der Waals surface area contributed by atoms with Gasteiger partial charge < -0.3 is 10.2 Å². The van der Waals surface area contributed by atoms with Crippen molar-refractivity contribution in [2.45, 2.75) is 20.3 Å². The second-order valence-corrected chi connectivity index (χ2v) is 7.14. The van der Waals surface area contributed by atoms with E-state index in [4.69, 9.17) is 0 Å². The van der Waals surface area contributed by atoms with Gasteiger partial charge in [-0.2, -0.15) is 0 Å². The van der Waals surface area contributed by atoms with Gasteiger partial charge in [0.2, 0.25) is 0 Å². The van der Waals surface area contributed by atoms with Crippen molar-refractivity contribution in [2.75, 3.05) is 26.7 Å². The number of benzene rings is 2. The van der Waals surface area contributed by atoms with Crippen molar-refractivity contribution in [3.05, 3.63) is 70.3 Å². The molecule has 1 heterocycles. The fraction of sp³-hybridized carbons (Fsp3) is 0.364. The summed E-state index contributed by atoms with van der Waals surface area (Å²) >= 11 is 0. The van der Waals surface area contributed by atoms with E-state index >= 15 is 0 Å². The van der Waals surface area contributed by atoms with Gasteiger partial charge in [0.05, 0.1) is 5.56 Å². The van der Waals surface area contributed by atoms with E-state index < -0.39 is 0 Å². The Labute approximate surface area is 155 Å². The van der Waals surface area contributed by atoms with Gasteiger partial charge in [0.25, 0.3) is 5.91 Å². The van der Waals surface area contributed by atoms with Crippen LogP contribution in [0, 0.1) is 19.8 Å². The monoisotopic (exact) mass is 350 g/mol.